The Balaban J connectivity index is 2.88. The third-order valence-electron chi connectivity index (χ3n) is 3.77. The smallest absolute Gasteiger partial charge is 0.00728 e. The molecule has 0 aliphatic carbocycles. The maximum absolute atomic E-state index is 2.43. The molecule has 0 amide bonds. The Morgan fingerprint density at radius 2 is 1.75 bits per heavy atom. The molecule has 0 aromatic heterocycles. The molecular formula is C16H26. The molecule has 16 heavy (non-hydrogen) atoms. The first kappa shape index (κ1) is 13.3. The standard InChI is InChI=1S/C16H26/c1-5-12-16(4,13-14(3)6-2)15-10-8-7-9-11-15/h7-11,14H,5-6,12-13H2,1-4H3. The highest BCUT2D eigenvalue weighted by Crippen LogP contribution is 2.36. The molecule has 0 heterocycles. The first-order chi connectivity index (χ1) is 7.62. The fourth-order valence-corrected chi connectivity index (χ4v) is 2.67. The van der Waals surface area contributed by atoms with Crippen molar-refractivity contribution >= 4 is 0 Å². The number of rotatable bonds is 6. The molecule has 0 heteroatoms. The van der Waals surface area contributed by atoms with Crippen LogP contribution in [0.4, 0.5) is 0 Å². The lowest BCUT2D eigenvalue weighted by atomic mass is 9.72. The van der Waals surface area contributed by atoms with Crippen molar-refractivity contribution in [3.63, 3.8) is 0 Å². The SMILES string of the molecule is CCCC(C)(CC(C)CC)c1ccccc1. The van der Waals surface area contributed by atoms with Crippen molar-refractivity contribution in [1.29, 1.82) is 0 Å². The second-order valence-corrected chi connectivity index (χ2v) is 5.39. The van der Waals surface area contributed by atoms with Gasteiger partial charge >= 0.3 is 0 Å². The predicted molar refractivity (Wildman–Crippen MR) is 72.8 cm³/mol. The van der Waals surface area contributed by atoms with Gasteiger partial charge in [0.2, 0.25) is 0 Å². The molecule has 1 aromatic carbocycles. The molecule has 0 radical (unpaired) electrons. The van der Waals surface area contributed by atoms with Crippen LogP contribution >= 0.6 is 0 Å². The van der Waals surface area contributed by atoms with Gasteiger partial charge in [-0.1, -0.05) is 70.9 Å². The second-order valence-electron chi connectivity index (χ2n) is 5.39. The van der Waals surface area contributed by atoms with Crippen molar-refractivity contribution in [2.75, 3.05) is 0 Å². The highest BCUT2D eigenvalue weighted by atomic mass is 14.3. The maximum atomic E-state index is 2.43. The Bertz CT molecular complexity index is 288. The molecule has 0 nitrogen and oxygen atoms in total. The molecule has 2 unspecified atom stereocenters. The summed E-state index contributed by atoms with van der Waals surface area (Å²) in [5, 5.41) is 0. The molecule has 0 N–H and O–H groups in total. The summed E-state index contributed by atoms with van der Waals surface area (Å²) < 4.78 is 0. The molecule has 2 atom stereocenters. The summed E-state index contributed by atoms with van der Waals surface area (Å²) in [7, 11) is 0. The topological polar surface area (TPSA) is 0 Å². The first-order valence-corrected chi connectivity index (χ1v) is 6.68. The summed E-state index contributed by atoms with van der Waals surface area (Å²) in [5.74, 6) is 0.816. The minimum Gasteiger partial charge on any atom is -0.0654 e. The van der Waals surface area contributed by atoms with E-state index in [1.807, 2.05) is 0 Å². The summed E-state index contributed by atoms with van der Waals surface area (Å²) in [4.78, 5) is 0. The van der Waals surface area contributed by atoms with Gasteiger partial charge in [0.15, 0.2) is 0 Å². The number of benzene rings is 1. The van der Waals surface area contributed by atoms with E-state index in [0.29, 0.717) is 5.41 Å². The number of hydrogen-bond acceptors (Lipinski definition) is 0. The van der Waals surface area contributed by atoms with Gasteiger partial charge in [0.05, 0.1) is 0 Å². The van der Waals surface area contributed by atoms with Gasteiger partial charge in [-0.15, -0.1) is 0 Å². The Morgan fingerprint density at radius 3 is 2.25 bits per heavy atom. The normalized spacial score (nSPS) is 16.8. The summed E-state index contributed by atoms with van der Waals surface area (Å²) in [5.41, 5.74) is 1.88. The molecule has 0 saturated heterocycles. The Morgan fingerprint density at radius 1 is 1.12 bits per heavy atom. The van der Waals surface area contributed by atoms with Crippen molar-refractivity contribution in [2.24, 2.45) is 5.92 Å². The average Bonchev–Trinajstić information content (AvgIpc) is 2.30. The third kappa shape index (κ3) is 3.37. The lowest BCUT2D eigenvalue weighted by Crippen LogP contribution is -2.24. The molecule has 0 fully saturated rings. The summed E-state index contributed by atoms with van der Waals surface area (Å²) in [6.07, 6.45) is 5.15. The largest absolute Gasteiger partial charge is 0.0654 e. The van der Waals surface area contributed by atoms with Gasteiger partial charge in [-0.25, -0.2) is 0 Å². The van der Waals surface area contributed by atoms with Crippen molar-refractivity contribution in [3.05, 3.63) is 35.9 Å². The zero-order valence-electron chi connectivity index (χ0n) is 11.3. The Hall–Kier alpha value is -0.780. The van der Waals surface area contributed by atoms with Crippen LogP contribution in [0.5, 0.6) is 0 Å². The van der Waals surface area contributed by atoms with E-state index < -0.39 is 0 Å². The van der Waals surface area contributed by atoms with Gasteiger partial charge in [-0.2, -0.15) is 0 Å². The van der Waals surface area contributed by atoms with E-state index in [-0.39, 0.29) is 0 Å². The lowest BCUT2D eigenvalue weighted by Gasteiger charge is -2.32. The van der Waals surface area contributed by atoms with Crippen LogP contribution in [0.2, 0.25) is 0 Å². The van der Waals surface area contributed by atoms with Crippen LogP contribution in [-0.2, 0) is 5.41 Å². The molecule has 0 spiro atoms. The lowest BCUT2D eigenvalue weighted by molar-refractivity contribution is 0.323. The van der Waals surface area contributed by atoms with E-state index >= 15 is 0 Å². The van der Waals surface area contributed by atoms with Gasteiger partial charge in [0.1, 0.15) is 0 Å². The molecule has 1 rings (SSSR count). The summed E-state index contributed by atoms with van der Waals surface area (Å²) in [6, 6.07) is 11.0. The van der Waals surface area contributed by atoms with Crippen molar-refractivity contribution in [2.45, 2.75) is 58.8 Å². The Labute approximate surface area is 101 Å². The Kier molecular flexibility index (Phi) is 5.05. The minimum atomic E-state index is 0.367. The molecule has 0 saturated carbocycles. The fraction of sp³-hybridized carbons (Fsp3) is 0.625. The highest BCUT2D eigenvalue weighted by Gasteiger charge is 2.26. The van der Waals surface area contributed by atoms with Crippen molar-refractivity contribution < 1.29 is 0 Å². The molecule has 1 aromatic rings. The summed E-state index contributed by atoms with van der Waals surface area (Å²) in [6.45, 7) is 9.38. The van der Waals surface area contributed by atoms with Gasteiger partial charge in [-0.3, -0.25) is 0 Å². The quantitative estimate of drug-likeness (QED) is 0.617. The molecular weight excluding hydrogens is 192 g/mol. The van der Waals surface area contributed by atoms with Crippen LogP contribution in [-0.4, -0.2) is 0 Å². The van der Waals surface area contributed by atoms with Crippen LogP contribution in [0.3, 0.4) is 0 Å². The van der Waals surface area contributed by atoms with Gasteiger partial charge < -0.3 is 0 Å². The molecule has 0 aliphatic rings. The zero-order valence-corrected chi connectivity index (χ0v) is 11.3. The van der Waals surface area contributed by atoms with E-state index in [0.717, 1.165) is 5.92 Å². The van der Waals surface area contributed by atoms with E-state index in [9.17, 15) is 0 Å². The van der Waals surface area contributed by atoms with Gasteiger partial charge in [-0.05, 0) is 29.7 Å². The number of hydrogen-bond donors (Lipinski definition) is 0. The van der Waals surface area contributed by atoms with E-state index in [2.05, 4.69) is 58.0 Å². The summed E-state index contributed by atoms with van der Waals surface area (Å²) >= 11 is 0. The average molecular weight is 218 g/mol. The monoisotopic (exact) mass is 218 g/mol. The highest BCUT2D eigenvalue weighted by molar-refractivity contribution is 5.24. The molecule has 0 bridgehead atoms. The van der Waals surface area contributed by atoms with E-state index in [1.165, 1.54) is 31.2 Å². The minimum absolute atomic E-state index is 0.367. The fourth-order valence-electron chi connectivity index (χ4n) is 2.67. The van der Waals surface area contributed by atoms with Crippen LogP contribution in [0.25, 0.3) is 0 Å². The van der Waals surface area contributed by atoms with Crippen LogP contribution in [0.1, 0.15) is 58.9 Å². The van der Waals surface area contributed by atoms with E-state index in [4.69, 9.17) is 0 Å². The van der Waals surface area contributed by atoms with Crippen molar-refractivity contribution in [3.8, 4) is 0 Å². The molecule has 90 valence electrons. The van der Waals surface area contributed by atoms with Gasteiger partial charge in [0.25, 0.3) is 0 Å². The zero-order chi connectivity index (χ0) is 12.0. The van der Waals surface area contributed by atoms with Crippen LogP contribution in [0, 0.1) is 5.92 Å². The maximum Gasteiger partial charge on any atom is -0.00728 e. The van der Waals surface area contributed by atoms with Gasteiger partial charge in [0, 0.05) is 0 Å². The second kappa shape index (κ2) is 6.08. The van der Waals surface area contributed by atoms with Crippen LogP contribution in [0.15, 0.2) is 30.3 Å². The predicted octanol–water partition coefficient (Wildman–Crippen LogP) is 5.18. The van der Waals surface area contributed by atoms with E-state index in [1.54, 1.807) is 0 Å². The van der Waals surface area contributed by atoms with Crippen LogP contribution < -0.4 is 0 Å². The van der Waals surface area contributed by atoms with Crippen molar-refractivity contribution in [1.82, 2.24) is 0 Å². The molecule has 0 aliphatic heterocycles. The third-order valence-corrected chi connectivity index (χ3v) is 3.77. The first-order valence-electron chi connectivity index (χ1n) is 6.68.